The van der Waals surface area contributed by atoms with Crippen molar-refractivity contribution in [1.29, 1.82) is 0 Å². The highest BCUT2D eigenvalue weighted by Gasteiger charge is 2.37. The second-order valence-electron chi connectivity index (χ2n) is 18.0. The van der Waals surface area contributed by atoms with Crippen LogP contribution >= 0.6 is 0 Å². The van der Waals surface area contributed by atoms with E-state index in [4.69, 9.17) is 9.47 Å². The Labute approximate surface area is 280 Å². The Morgan fingerprint density at radius 2 is 0.913 bits per heavy atom. The topological polar surface area (TPSA) is 93.1 Å². The number of rotatable bonds is 13. The Morgan fingerprint density at radius 3 is 1.20 bits per heavy atom. The Kier molecular flexibility index (Phi) is 13.4. The third-order valence-corrected chi connectivity index (χ3v) is 9.25. The van der Waals surface area contributed by atoms with Crippen LogP contribution in [0.2, 0.25) is 0 Å². The lowest BCUT2D eigenvalue weighted by atomic mass is 9.70. The summed E-state index contributed by atoms with van der Waals surface area (Å²) >= 11 is 0. The van der Waals surface area contributed by atoms with Gasteiger partial charge >= 0.3 is 11.9 Å². The van der Waals surface area contributed by atoms with E-state index in [1.165, 1.54) is 11.1 Å². The van der Waals surface area contributed by atoms with E-state index < -0.39 is 11.2 Å². The highest BCUT2D eigenvalue weighted by atomic mass is 16.5. The predicted molar refractivity (Wildman–Crippen MR) is 188 cm³/mol. The molecule has 6 nitrogen and oxygen atoms in total. The zero-order valence-electron chi connectivity index (χ0n) is 31.3. The molecule has 2 N–H and O–H groups in total. The molecule has 0 saturated carbocycles. The van der Waals surface area contributed by atoms with Crippen LogP contribution in [-0.2, 0) is 19.1 Å². The summed E-state index contributed by atoms with van der Waals surface area (Å²) in [5.41, 5.74) is 2.19. The summed E-state index contributed by atoms with van der Waals surface area (Å²) in [5, 5.41) is 22.9. The summed E-state index contributed by atoms with van der Waals surface area (Å²) in [6.07, 6.45) is 13.6. The molecule has 0 heterocycles. The number of hydrogen-bond acceptors (Lipinski definition) is 6. The quantitative estimate of drug-likeness (QED) is 0.154. The van der Waals surface area contributed by atoms with E-state index in [1.54, 1.807) is 0 Å². The van der Waals surface area contributed by atoms with Crippen molar-refractivity contribution < 1.29 is 29.3 Å². The van der Waals surface area contributed by atoms with Crippen molar-refractivity contribution in [2.75, 3.05) is 13.2 Å². The Bertz CT molecular complexity index is 1090. The van der Waals surface area contributed by atoms with Crippen LogP contribution < -0.4 is 0 Å². The lowest BCUT2D eigenvalue weighted by molar-refractivity contribution is -0.146. The summed E-state index contributed by atoms with van der Waals surface area (Å²) in [4.78, 5) is 25.0. The summed E-state index contributed by atoms with van der Waals surface area (Å²) in [7, 11) is 0. The number of esters is 2. The van der Waals surface area contributed by atoms with Gasteiger partial charge in [-0.25, -0.2) is 0 Å². The fourth-order valence-corrected chi connectivity index (χ4v) is 5.76. The van der Waals surface area contributed by atoms with Crippen molar-refractivity contribution in [2.24, 2.45) is 21.7 Å². The minimum absolute atomic E-state index is 0.0584. The van der Waals surface area contributed by atoms with Crippen molar-refractivity contribution in [3.05, 3.63) is 46.6 Å². The van der Waals surface area contributed by atoms with Gasteiger partial charge in [-0.3, -0.25) is 9.59 Å². The predicted octanol–water partition coefficient (Wildman–Crippen LogP) is 9.35. The fourth-order valence-electron chi connectivity index (χ4n) is 5.76. The van der Waals surface area contributed by atoms with Gasteiger partial charge in [-0.1, -0.05) is 106 Å². The van der Waals surface area contributed by atoms with E-state index in [0.29, 0.717) is 38.9 Å². The molecule has 0 aliphatic heterocycles. The maximum absolute atomic E-state index is 12.5. The van der Waals surface area contributed by atoms with Gasteiger partial charge < -0.3 is 19.7 Å². The smallest absolute Gasteiger partial charge is 0.305 e. The van der Waals surface area contributed by atoms with Crippen LogP contribution in [0.1, 0.15) is 147 Å². The van der Waals surface area contributed by atoms with Crippen molar-refractivity contribution in [3.8, 4) is 0 Å². The van der Waals surface area contributed by atoms with E-state index in [-0.39, 0.29) is 46.4 Å². The van der Waals surface area contributed by atoms with Gasteiger partial charge in [0.05, 0.1) is 24.4 Å². The molecule has 2 atom stereocenters. The third kappa shape index (κ3) is 13.1. The number of carbonyl (C=O) groups is 2. The molecule has 0 saturated heterocycles. The Balaban J connectivity index is 1.67. The van der Waals surface area contributed by atoms with E-state index in [9.17, 15) is 19.8 Å². The largest absolute Gasteiger partial charge is 0.466 e. The molecule has 0 fully saturated rings. The second-order valence-corrected chi connectivity index (χ2v) is 18.0. The van der Waals surface area contributed by atoms with Gasteiger partial charge in [0, 0.05) is 25.7 Å². The van der Waals surface area contributed by atoms with Crippen LogP contribution in [0.3, 0.4) is 0 Å². The Hall–Kier alpha value is -2.18. The second kappa shape index (κ2) is 15.4. The molecule has 0 radical (unpaired) electrons. The highest BCUT2D eigenvalue weighted by Crippen LogP contribution is 2.44. The maximum atomic E-state index is 12.5. The lowest BCUT2D eigenvalue weighted by Crippen LogP contribution is -2.34. The minimum Gasteiger partial charge on any atom is -0.466 e. The van der Waals surface area contributed by atoms with Gasteiger partial charge in [-0.2, -0.15) is 0 Å². The number of aliphatic hydroxyl groups is 2. The van der Waals surface area contributed by atoms with Gasteiger partial charge in [0.15, 0.2) is 0 Å². The number of unbranched alkanes of at least 4 members (excludes halogenated alkanes) is 3. The normalized spacial score (nSPS) is 22.8. The van der Waals surface area contributed by atoms with Crippen LogP contribution in [0.5, 0.6) is 0 Å². The summed E-state index contributed by atoms with van der Waals surface area (Å²) in [6, 6.07) is 0. The molecule has 2 rings (SSSR count). The van der Waals surface area contributed by atoms with Crippen molar-refractivity contribution in [2.45, 2.75) is 158 Å². The van der Waals surface area contributed by atoms with E-state index in [1.807, 2.05) is 12.2 Å². The van der Waals surface area contributed by atoms with Crippen molar-refractivity contribution in [3.63, 3.8) is 0 Å². The first-order valence-corrected chi connectivity index (χ1v) is 17.5. The standard InChI is InChI=1S/C40H66O6/c1-35(2,3)29-23-30(36(4,5)6)26-39(43,25-29)19-17-33(41)45-21-15-13-14-16-22-46-34(42)18-20-40(44)27-31(37(7,8)9)24-32(28-40)38(10,11)12/h23-25,27,43-44H,13-22,26,28H2,1-12H3. The molecule has 46 heavy (non-hydrogen) atoms. The molecule has 6 heteroatoms. The van der Waals surface area contributed by atoms with Gasteiger partial charge in [-0.05, 0) is 83.5 Å². The zero-order valence-corrected chi connectivity index (χ0v) is 31.3. The van der Waals surface area contributed by atoms with E-state index in [2.05, 4.69) is 95.2 Å². The molecule has 0 aromatic carbocycles. The van der Waals surface area contributed by atoms with Crippen LogP contribution in [0.4, 0.5) is 0 Å². The number of carbonyl (C=O) groups excluding carboxylic acids is 2. The molecule has 2 aliphatic rings. The van der Waals surface area contributed by atoms with Crippen molar-refractivity contribution in [1.82, 2.24) is 0 Å². The van der Waals surface area contributed by atoms with Crippen LogP contribution in [0.15, 0.2) is 46.6 Å². The first kappa shape index (κ1) is 40.0. The lowest BCUT2D eigenvalue weighted by Gasteiger charge is -2.38. The molecule has 2 unspecified atom stereocenters. The molecule has 0 bridgehead atoms. The summed E-state index contributed by atoms with van der Waals surface area (Å²) in [6.45, 7) is 26.5. The monoisotopic (exact) mass is 642 g/mol. The summed E-state index contributed by atoms with van der Waals surface area (Å²) in [5.74, 6) is -0.566. The van der Waals surface area contributed by atoms with Gasteiger partial charge in [0.25, 0.3) is 0 Å². The maximum Gasteiger partial charge on any atom is 0.305 e. The molecule has 262 valence electrons. The van der Waals surface area contributed by atoms with E-state index >= 15 is 0 Å². The number of hydrogen-bond donors (Lipinski definition) is 2. The SMILES string of the molecule is CC(C)(C)C1=CC(O)(CCC(=O)OCCCCCCOC(=O)CCC2(O)C=C(C(C)(C)C)C=C(C(C)(C)C)C2)CC(C(C)(C)C)=C1. The van der Waals surface area contributed by atoms with Crippen LogP contribution in [-0.4, -0.2) is 46.6 Å². The molecule has 0 amide bonds. The average molecular weight is 643 g/mol. The average Bonchev–Trinajstić information content (AvgIpc) is 2.90. The van der Waals surface area contributed by atoms with Gasteiger partial charge in [-0.15, -0.1) is 0 Å². The molecule has 0 spiro atoms. The first-order chi connectivity index (χ1) is 20.8. The third-order valence-electron chi connectivity index (χ3n) is 9.25. The van der Waals surface area contributed by atoms with Crippen LogP contribution in [0, 0.1) is 21.7 Å². The van der Waals surface area contributed by atoms with Gasteiger partial charge in [0.2, 0.25) is 0 Å². The Morgan fingerprint density at radius 1 is 0.587 bits per heavy atom. The first-order valence-electron chi connectivity index (χ1n) is 17.5. The molecular formula is C40H66O6. The van der Waals surface area contributed by atoms with E-state index in [0.717, 1.165) is 36.8 Å². The highest BCUT2D eigenvalue weighted by molar-refractivity contribution is 5.70. The number of ether oxygens (including phenoxy) is 2. The summed E-state index contributed by atoms with van der Waals surface area (Å²) < 4.78 is 10.9. The van der Waals surface area contributed by atoms with Gasteiger partial charge in [0.1, 0.15) is 0 Å². The molecular weight excluding hydrogens is 576 g/mol. The molecule has 0 aromatic rings. The van der Waals surface area contributed by atoms with Crippen LogP contribution in [0.25, 0.3) is 0 Å². The molecule has 0 aromatic heterocycles. The zero-order chi connectivity index (χ0) is 35.2. The number of allylic oxidation sites excluding steroid dienone is 4. The fraction of sp³-hybridized carbons (Fsp3) is 0.750. The molecule has 2 aliphatic carbocycles. The van der Waals surface area contributed by atoms with Crippen molar-refractivity contribution >= 4 is 11.9 Å². The minimum atomic E-state index is -1.05.